The number of carboxylic acids is 1. The average Bonchev–Trinajstić information content (AvgIpc) is 2.56. The number of halogens is 1. The van der Waals surface area contributed by atoms with Gasteiger partial charge < -0.3 is 9.84 Å². The van der Waals surface area contributed by atoms with Crippen molar-refractivity contribution in [2.45, 2.75) is 6.92 Å². The van der Waals surface area contributed by atoms with Gasteiger partial charge in [-0.25, -0.2) is 10.2 Å². The highest BCUT2D eigenvalue weighted by molar-refractivity contribution is 6.31. The fraction of sp³-hybridized carbons (Fsp3) is 0.118. The van der Waals surface area contributed by atoms with Crippen LogP contribution in [0.4, 0.5) is 0 Å². The second-order valence-electron chi connectivity index (χ2n) is 4.89. The monoisotopic (exact) mass is 346 g/mol. The van der Waals surface area contributed by atoms with Crippen LogP contribution in [0.5, 0.6) is 5.75 Å². The molecule has 0 saturated heterocycles. The third kappa shape index (κ3) is 4.82. The van der Waals surface area contributed by atoms with Crippen LogP contribution in [0.15, 0.2) is 47.6 Å². The number of carboxylic acid groups (broad SMARTS) is 1. The van der Waals surface area contributed by atoms with Crippen LogP contribution in [0.1, 0.15) is 21.5 Å². The van der Waals surface area contributed by atoms with Crippen molar-refractivity contribution in [3.05, 3.63) is 64.2 Å². The van der Waals surface area contributed by atoms with Crippen molar-refractivity contribution in [3.8, 4) is 5.75 Å². The molecule has 2 N–H and O–H groups in total. The van der Waals surface area contributed by atoms with E-state index in [0.29, 0.717) is 16.3 Å². The first-order valence-electron chi connectivity index (χ1n) is 7.00. The normalized spacial score (nSPS) is 10.6. The van der Waals surface area contributed by atoms with Crippen molar-refractivity contribution < 1.29 is 19.4 Å². The van der Waals surface area contributed by atoms with Crippen LogP contribution in [-0.4, -0.2) is 29.8 Å². The molecule has 0 heterocycles. The Kier molecular flexibility index (Phi) is 5.92. The van der Waals surface area contributed by atoms with Crippen LogP contribution in [0.25, 0.3) is 0 Å². The molecule has 2 rings (SSSR count). The largest absolute Gasteiger partial charge is 0.484 e. The van der Waals surface area contributed by atoms with Crippen molar-refractivity contribution in [1.82, 2.24) is 5.43 Å². The number of hydrogen-bond acceptors (Lipinski definition) is 4. The van der Waals surface area contributed by atoms with Gasteiger partial charge in [-0.05, 0) is 36.8 Å². The molecule has 1 amide bonds. The van der Waals surface area contributed by atoms with E-state index in [4.69, 9.17) is 21.4 Å². The van der Waals surface area contributed by atoms with Gasteiger partial charge in [0.2, 0.25) is 0 Å². The molecule has 0 aliphatic rings. The van der Waals surface area contributed by atoms with Gasteiger partial charge in [-0.3, -0.25) is 4.79 Å². The van der Waals surface area contributed by atoms with E-state index in [-0.39, 0.29) is 12.2 Å². The second-order valence-corrected chi connectivity index (χ2v) is 5.29. The fourth-order valence-electron chi connectivity index (χ4n) is 1.87. The molecule has 7 heteroatoms. The molecule has 0 aliphatic carbocycles. The van der Waals surface area contributed by atoms with Gasteiger partial charge >= 0.3 is 5.97 Å². The van der Waals surface area contributed by atoms with E-state index >= 15 is 0 Å². The molecule has 0 radical (unpaired) electrons. The van der Waals surface area contributed by atoms with E-state index < -0.39 is 11.9 Å². The number of carbonyl (C=O) groups excluding carboxylic acids is 1. The first-order chi connectivity index (χ1) is 11.5. The van der Waals surface area contributed by atoms with Gasteiger partial charge in [0, 0.05) is 10.6 Å². The van der Waals surface area contributed by atoms with E-state index in [1.54, 1.807) is 36.4 Å². The number of nitrogens with one attached hydrogen (secondary N) is 1. The maximum atomic E-state index is 11.7. The van der Waals surface area contributed by atoms with Crippen LogP contribution in [0, 0.1) is 6.92 Å². The van der Waals surface area contributed by atoms with Crippen LogP contribution in [0.3, 0.4) is 0 Å². The molecule has 24 heavy (non-hydrogen) atoms. The van der Waals surface area contributed by atoms with Crippen molar-refractivity contribution in [2.24, 2.45) is 5.10 Å². The van der Waals surface area contributed by atoms with Crippen LogP contribution in [-0.2, 0) is 4.79 Å². The summed E-state index contributed by atoms with van der Waals surface area (Å²) in [6, 6.07) is 11.4. The number of hydrogen-bond donors (Lipinski definition) is 2. The topological polar surface area (TPSA) is 88.0 Å². The molecule has 0 saturated carbocycles. The maximum Gasteiger partial charge on any atom is 0.336 e. The lowest BCUT2D eigenvalue weighted by atomic mass is 10.1. The summed E-state index contributed by atoms with van der Waals surface area (Å²) in [5.41, 5.74) is 3.61. The van der Waals surface area contributed by atoms with Crippen molar-refractivity contribution in [3.63, 3.8) is 0 Å². The lowest BCUT2D eigenvalue weighted by Crippen LogP contribution is -2.24. The quantitative estimate of drug-likeness (QED) is 0.622. The highest BCUT2D eigenvalue weighted by Crippen LogP contribution is 2.20. The fourth-order valence-corrected chi connectivity index (χ4v) is 1.98. The van der Waals surface area contributed by atoms with Gasteiger partial charge in [0.15, 0.2) is 6.61 Å². The number of benzene rings is 2. The number of amides is 1. The Balaban J connectivity index is 1.89. The Bertz CT molecular complexity index is 790. The molecule has 0 bridgehead atoms. The minimum absolute atomic E-state index is 0.100. The summed E-state index contributed by atoms with van der Waals surface area (Å²) in [5, 5.41) is 13.4. The maximum absolute atomic E-state index is 11.7. The van der Waals surface area contributed by atoms with E-state index in [1.807, 2.05) is 6.92 Å². The molecule has 0 spiro atoms. The van der Waals surface area contributed by atoms with E-state index in [0.717, 1.165) is 5.56 Å². The van der Waals surface area contributed by atoms with E-state index in [2.05, 4.69) is 10.5 Å². The molecule has 0 fully saturated rings. The highest BCUT2D eigenvalue weighted by Gasteiger charge is 2.07. The number of rotatable bonds is 6. The standard InChI is InChI=1S/C17H15ClN2O4/c1-11-8-13(6-7-15(11)18)24-10-16(21)20-19-9-12-4-2-3-5-14(12)17(22)23/h2-9H,10H2,1H3,(H,20,21)(H,22,23)/b19-9+. The van der Waals surface area contributed by atoms with E-state index in [1.165, 1.54) is 12.3 Å². The van der Waals surface area contributed by atoms with Gasteiger partial charge in [0.05, 0.1) is 11.8 Å². The summed E-state index contributed by atoms with van der Waals surface area (Å²) in [6.45, 7) is 1.61. The van der Waals surface area contributed by atoms with Crippen molar-refractivity contribution in [2.75, 3.05) is 6.61 Å². The molecule has 0 atom stereocenters. The number of hydrazone groups is 1. The minimum atomic E-state index is -1.06. The lowest BCUT2D eigenvalue weighted by Gasteiger charge is -2.06. The molecule has 124 valence electrons. The predicted molar refractivity (Wildman–Crippen MR) is 90.8 cm³/mol. The molecule has 0 aliphatic heterocycles. The summed E-state index contributed by atoms with van der Waals surface area (Å²) in [6.07, 6.45) is 1.27. The van der Waals surface area contributed by atoms with E-state index in [9.17, 15) is 9.59 Å². The molecular weight excluding hydrogens is 332 g/mol. The third-order valence-corrected chi connectivity index (χ3v) is 3.51. The third-order valence-electron chi connectivity index (χ3n) is 3.08. The summed E-state index contributed by atoms with van der Waals surface area (Å²) in [5.74, 6) is -1.01. The predicted octanol–water partition coefficient (Wildman–Crippen LogP) is 2.88. The summed E-state index contributed by atoms with van der Waals surface area (Å²) >= 11 is 5.91. The zero-order valence-electron chi connectivity index (χ0n) is 12.8. The van der Waals surface area contributed by atoms with Crippen LogP contribution >= 0.6 is 11.6 Å². The number of ether oxygens (including phenoxy) is 1. The first-order valence-corrected chi connectivity index (χ1v) is 7.38. The Hall–Kier alpha value is -2.86. The smallest absolute Gasteiger partial charge is 0.336 e. The Morgan fingerprint density at radius 2 is 2.04 bits per heavy atom. The number of carbonyl (C=O) groups is 2. The molecule has 0 aromatic heterocycles. The van der Waals surface area contributed by atoms with Gasteiger partial charge in [-0.15, -0.1) is 0 Å². The molecule has 2 aromatic rings. The minimum Gasteiger partial charge on any atom is -0.484 e. The summed E-state index contributed by atoms with van der Waals surface area (Å²) in [4.78, 5) is 22.7. The zero-order chi connectivity index (χ0) is 17.5. The average molecular weight is 347 g/mol. The summed E-state index contributed by atoms with van der Waals surface area (Å²) in [7, 11) is 0. The van der Waals surface area contributed by atoms with Gasteiger partial charge in [0.25, 0.3) is 5.91 Å². The van der Waals surface area contributed by atoms with Gasteiger partial charge in [-0.2, -0.15) is 5.10 Å². The second kappa shape index (κ2) is 8.12. The lowest BCUT2D eigenvalue weighted by molar-refractivity contribution is -0.123. The Morgan fingerprint density at radius 3 is 2.75 bits per heavy atom. The zero-order valence-corrected chi connectivity index (χ0v) is 13.6. The summed E-state index contributed by atoms with van der Waals surface area (Å²) < 4.78 is 5.33. The SMILES string of the molecule is Cc1cc(OCC(=O)N/N=C/c2ccccc2C(=O)O)ccc1Cl. The number of aryl methyl sites for hydroxylation is 1. The Labute approximate surface area is 143 Å². The Morgan fingerprint density at radius 1 is 1.29 bits per heavy atom. The molecule has 6 nitrogen and oxygen atoms in total. The molecule has 0 unspecified atom stereocenters. The first kappa shape index (κ1) is 17.5. The highest BCUT2D eigenvalue weighted by atomic mass is 35.5. The van der Waals surface area contributed by atoms with Crippen molar-refractivity contribution in [1.29, 1.82) is 0 Å². The van der Waals surface area contributed by atoms with Crippen LogP contribution < -0.4 is 10.2 Å². The van der Waals surface area contributed by atoms with Crippen LogP contribution in [0.2, 0.25) is 5.02 Å². The number of nitrogens with zero attached hydrogens (tertiary/aromatic N) is 1. The van der Waals surface area contributed by atoms with Gasteiger partial charge in [0.1, 0.15) is 5.75 Å². The van der Waals surface area contributed by atoms with Crippen molar-refractivity contribution >= 4 is 29.7 Å². The van der Waals surface area contributed by atoms with Gasteiger partial charge in [-0.1, -0.05) is 29.8 Å². The molecular formula is C17H15ClN2O4. The molecule has 2 aromatic carbocycles. The number of aromatic carboxylic acids is 1.